The number of amides is 2. The standard InChI is InChI=1S/C2HCl3N2O8S3/c3-16(10,11)6-1(8)2(9)7(17(4,12)13)18(5,14)15/h(H,6,8). The molecular weight excluding hydrogens is 383 g/mol. The highest BCUT2D eigenvalue weighted by molar-refractivity contribution is 8.25. The SMILES string of the molecule is O=C(NS(=O)(=O)Cl)C(=O)N(S(=O)(=O)Cl)S(=O)(=O)Cl. The Labute approximate surface area is 114 Å². The fraction of sp³-hybridized carbons (Fsp3) is 0. The van der Waals surface area contributed by atoms with E-state index >= 15 is 0 Å². The van der Waals surface area contributed by atoms with Gasteiger partial charge in [-0.15, -0.1) is 0 Å². The highest BCUT2D eigenvalue weighted by Gasteiger charge is 2.41. The molecular formula is C2HCl3N2O8S3. The topological polar surface area (TPSA) is 152 Å². The van der Waals surface area contributed by atoms with Crippen molar-refractivity contribution >= 4 is 71.6 Å². The normalized spacial score (nSPS) is 12.8. The zero-order chi connectivity index (χ0) is 14.9. The molecule has 18 heavy (non-hydrogen) atoms. The van der Waals surface area contributed by atoms with Crippen LogP contribution in [0.5, 0.6) is 0 Å². The Morgan fingerprint density at radius 1 is 0.833 bits per heavy atom. The summed E-state index contributed by atoms with van der Waals surface area (Å²) in [4.78, 5) is 22.0. The first kappa shape index (κ1) is 17.7. The van der Waals surface area contributed by atoms with E-state index in [9.17, 15) is 34.8 Å². The number of rotatable bonds is 3. The lowest BCUT2D eigenvalue weighted by Gasteiger charge is -2.12. The maximum Gasteiger partial charge on any atom is 0.342 e. The molecule has 0 rings (SSSR count). The number of hydrogen-bond donors (Lipinski definition) is 1. The van der Waals surface area contributed by atoms with Crippen molar-refractivity contribution in [3.8, 4) is 0 Å². The molecule has 0 aromatic carbocycles. The first-order valence-electron chi connectivity index (χ1n) is 3.16. The van der Waals surface area contributed by atoms with Gasteiger partial charge in [0.05, 0.1) is 0 Å². The Kier molecular flexibility index (Phi) is 5.24. The molecule has 0 saturated heterocycles. The van der Waals surface area contributed by atoms with E-state index < -0.39 is 43.2 Å². The summed E-state index contributed by atoms with van der Waals surface area (Å²) in [5.74, 6) is -4.58. The van der Waals surface area contributed by atoms with Crippen molar-refractivity contribution in [2.24, 2.45) is 0 Å². The third kappa shape index (κ3) is 5.53. The molecule has 0 spiro atoms. The first-order valence-corrected chi connectivity index (χ1v) is 10.0. The third-order valence-corrected chi connectivity index (χ3v) is 5.25. The van der Waals surface area contributed by atoms with E-state index in [4.69, 9.17) is 0 Å². The lowest BCUT2D eigenvalue weighted by atomic mass is 10.6. The summed E-state index contributed by atoms with van der Waals surface area (Å²) in [5, 5.41) is 0. The fourth-order valence-electron chi connectivity index (χ4n) is 0.542. The van der Waals surface area contributed by atoms with Gasteiger partial charge in [0, 0.05) is 32.0 Å². The van der Waals surface area contributed by atoms with E-state index in [2.05, 4.69) is 32.0 Å². The van der Waals surface area contributed by atoms with Crippen molar-refractivity contribution < 1.29 is 34.8 Å². The molecule has 0 aromatic heterocycles. The van der Waals surface area contributed by atoms with Gasteiger partial charge in [-0.2, -0.15) is 25.3 Å². The summed E-state index contributed by atoms with van der Waals surface area (Å²) in [7, 11) is -1.71. The Morgan fingerprint density at radius 3 is 1.39 bits per heavy atom. The highest BCUT2D eigenvalue weighted by Crippen LogP contribution is 2.16. The van der Waals surface area contributed by atoms with Gasteiger partial charge in [-0.1, -0.05) is 3.71 Å². The number of nitrogens with zero attached hydrogens (tertiary/aromatic N) is 1. The van der Waals surface area contributed by atoms with Crippen LogP contribution in [0, 0.1) is 0 Å². The molecule has 0 aliphatic carbocycles. The number of hydrogen-bond acceptors (Lipinski definition) is 8. The molecule has 0 aliphatic heterocycles. The number of halogens is 3. The maximum atomic E-state index is 11.1. The average molecular weight is 384 g/mol. The van der Waals surface area contributed by atoms with E-state index in [1.807, 2.05) is 0 Å². The van der Waals surface area contributed by atoms with Crippen LogP contribution in [0.15, 0.2) is 0 Å². The summed E-state index contributed by atoms with van der Waals surface area (Å²) in [6.07, 6.45) is 0. The Morgan fingerprint density at radius 2 is 1.17 bits per heavy atom. The van der Waals surface area contributed by atoms with Crippen LogP contribution in [0.25, 0.3) is 0 Å². The van der Waals surface area contributed by atoms with E-state index in [0.717, 1.165) is 4.72 Å². The zero-order valence-electron chi connectivity index (χ0n) is 7.57. The lowest BCUT2D eigenvalue weighted by Crippen LogP contribution is -2.46. The molecule has 1 N–H and O–H groups in total. The molecule has 106 valence electrons. The van der Waals surface area contributed by atoms with Gasteiger partial charge in [0.15, 0.2) is 0 Å². The van der Waals surface area contributed by atoms with Gasteiger partial charge in [-0.05, 0) is 0 Å². The maximum absolute atomic E-state index is 11.1. The largest absolute Gasteiger partial charge is 0.342 e. The van der Waals surface area contributed by atoms with Crippen molar-refractivity contribution in [1.82, 2.24) is 8.43 Å². The van der Waals surface area contributed by atoms with Crippen LogP contribution in [-0.2, 0) is 37.3 Å². The van der Waals surface area contributed by atoms with Crippen LogP contribution in [0.2, 0.25) is 0 Å². The van der Waals surface area contributed by atoms with Crippen LogP contribution in [0.3, 0.4) is 0 Å². The molecule has 0 heterocycles. The smallest absolute Gasteiger partial charge is 0.262 e. The van der Waals surface area contributed by atoms with Gasteiger partial charge in [0.25, 0.3) is 0 Å². The molecule has 0 aromatic rings. The van der Waals surface area contributed by atoms with Crippen molar-refractivity contribution in [1.29, 1.82) is 0 Å². The molecule has 0 unspecified atom stereocenters. The van der Waals surface area contributed by atoms with E-state index in [-0.39, 0.29) is 0 Å². The first-order chi connectivity index (χ1) is 7.66. The van der Waals surface area contributed by atoms with Gasteiger partial charge >= 0.3 is 39.5 Å². The summed E-state index contributed by atoms with van der Waals surface area (Å²) in [5.41, 5.74) is 0. The third-order valence-electron chi connectivity index (χ3n) is 0.971. The summed E-state index contributed by atoms with van der Waals surface area (Å²) < 4.78 is 63.3. The molecule has 0 bridgehead atoms. The second-order valence-corrected chi connectivity index (χ2v) is 9.50. The average Bonchev–Trinajstić information content (AvgIpc) is 1.93. The minimum absolute atomic E-state index is 0.805. The molecule has 0 radical (unpaired) electrons. The minimum atomic E-state index is -5.29. The van der Waals surface area contributed by atoms with E-state index in [0.29, 0.717) is 0 Å². The van der Waals surface area contributed by atoms with Gasteiger partial charge in [0.1, 0.15) is 0 Å². The van der Waals surface area contributed by atoms with Crippen molar-refractivity contribution in [2.45, 2.75) is 0 Å². The summed E-state index contributed by atoms with van der Waals surface area (Å²) in [6, 6.07) is 0. The minimum Gasteiger partial charge on any atom is -0.262 e. The van der Waals surface area contributed by atoms with Gasteiger partial charge in [-0.3, -0.25) is 9.59 Å². The van der Waals surface area contributed by atoms with E-state index in [1.165, 1.54) is 0 Å². The van der Waals surface area contributed by atoms with E-state index in [1.54, 1.807) is 0 Å². The van der Waals surface area contributed by atoms with Crippen LogP contribution in [-0.4, -0.2) is 40.8 Å². The van der Waals surface area contributed by atoms with Crippen molar-refractivity contribution in [3.05, 3.63) is 0 Å². The Balaban J connectivity index is 5.60. The molecule has 10 nitrogen and oxygen atoms in total. The van der Waals surface area contributed by atoms with Gasteiger partial charge in [0.2, 0.25) is 0 Å². The van der Waals surface area contributed by atoms with Crippen LogP contribution >= 0.6 is 32.0 Å². The predicted molar refractivity (Wildman–Crippen MR) is 59.3 cm³/mol. The molecule has 16 heteroatoms. The summed E-state index contributed by atoms with van der Waals surface area (Å²) in [6.45, 7) is 0. The van der Waals surface area contributed by atoms with Crippen molar-refractivity contribution in [3.63, 3.8) is 0 Å². The quantitative estimate of drug-likeness (QED) is 0.451. The molecule has 0 aliphatic rings. The molecule has 0 saturated carbocycles. The van der Waals surface area contributed by atoms with Crippen LogP contribution < -0.4 is 4.72 Å². The highest BCUT2D eigenvalue weighted by atomic mass is 35.7. The zero-order valence-corrected chi connectivity index (χ0v) is 12.3. The Bertz CT molecular complexity index is 643. The number of nitrogens with one attached hydrogen (secondary N) is 1. The van der Waals surface area contributed by atoms with Gasteiger partial charge in [-0.25, -0.2) is 4.72 Å². The molecule has 2 amide bonds. The number of carbonyl (C=O) groups excluding carboxylic acids is 2. The van der Waals surface area contributed by atoms with Crippen LogP contribution in [0.1, 0.15) is 0 Å². The van der Waals surface area contributed by atoms with Crippen molar-refractivity contribution in [2.75, 3.05) is 0 Å². The van der Waals surface area contributed by atoms with Gasteiger partial charge < -0.3 is 0 Å². The second kappa shape index (κ2) is 5.34. The predicted octanol–water partition coefficient (Wildman–Crippen LogP) is -1.62. The summed E-state index contributed by atoms with van der Waals surface area (Å²) >= 11 is 0. The lowest BCUT2D eigenvalue weighted by molar-refractivity contribution is -0.139. The molecule has 0 atom stereocenters. The number of carbonyl (C=O) groups is 2. The monoisotopic (exact) mass is 382 g/mol. The second-order valence-electron chi connectivity index (χ2n) is 2.26. The van der Waals surface area contributed by atoms with Crippen LogP contribution in [0.4, 0.5) is 0 Å². The molecule has 0 fully saturated rings. The Hall–Kier alpha value is -0.340. The fourth-order valence-corrected chi connectivity index (χ4v) is 4.44.